The average molecular weight is 438 g/mol. The molecule has 160 valence electrons. The molecule has 31 heavy (non-hydrogen) atoms. The maximum atomic E-state index is 12.9. The van der Waals surface area contributed by atoms with E-state index in [-0.39, 0.29) is 23.6 Å². The predicted molar refractivity (Wildman–Crippen MR) is 123 cm³/mol. The number of likely N-dealkylation sites (tertiary alicyclic amines) is 1. The molecule has 2 aromatic rings. The van der Waals surface area contributed by atoms with Crippen molar-refractivity contribution in [3.63, 3.8) is 0 Å². The smallest absolute Gasteiger partial charge is 0.276 e. The van der Waals surface area contributed by atoms with Gasteiger partial charge in [0.2, 0.25) is 5.91 Å². The zero-order chi connectivity index (χ0) is 22.1. The van der Waals surface area contributed by atoms with Crippen LogP contribution in [0.4, 0.5) is 5.69 Å². The number of aliphatic imine (C=N–C) groups is 1. The number of carbonyl (C=O) groups excluding carboxylic acids is 3. The molecule has 0 radical (unpaired) electrons. The van der Waals surface area contributed by atoms with Crippen molar-refractivity contribution in [3.8, 4) is 0 Å². The zero-order valence-corrected chi connectivity index (χ0v) is 18.0. The molecule has 0 aliphatic carbocycles. The van der Waals surface area contributed by atoms with Crippen LogP contribution in [0.2, 0.25) is 0 Å². The number of amides is 3. The normalized spacial score (nSPS) is 20.2. The lowest BCUT2D eigenvalue weighted by Gasteiger charge is -2.11. The summed E-state index contributed by atoms with van der Waals surface area (Å²) in [6.07, 6.45) is 1.23. The number of hydrogen-bond donors (Lipinski definition) is 3. The molecule has 3 N–H and O–H groups in total. The fraction of sp³-hybridized carbons (Fsp3) is 0.273. The molecule has 1 saturated heterocycles. The van der Waals surface area contributed by atoms with E-state index >= 15 is 0 Å². The van der Waals surface area contributed by atoms with Crippen molar-refractivity contribution in [3.05, 3.63) is 53.6 Å². The summed E-state index contributed by atoms with van der Waals surface area (Å²) in [7, 11) is 1.95. The second kappa shape index (κ2) is 8.44. The first-order valence-corrected chi connectivity index (χ1v) is 10.7. The fourth-order valence-corrected chi connectivity index (χ4v) is 4.83. The van der Waals surface area contributed by atoms with E-state index in [1.807, 2.05) is 13.1 Å². The summed E-state index contributed by atoms with van der Waals surface area (Å²) in [6.45, 7) is 9.38. The maximum Gasteiger partial charge on any atom is 0.276 e. The molecule has 0 saturated carbocycles. The van der Waals surface area contributed by atoms with Crippen molar-refractivity contribution >= 4 is 50.5 Å². The van der Waals surface area contributed by atoms with E-state index in [1.165, 1.54) is 17.4 Å². The van der Waals surface area contributed by atoms with Gasteiger partial charge in [0.05, 0.1) is 12.2 Å². The third-order valence-corrected chi connectivity index (χ3v) is 6.47. The molecule has 1 aromatic heterocycles. The Bertz CT molecular complexity index is 1150. The van der Waals surface area contributed by atoms with Crippen LogP contribution in [0.3, 0.4) is 0 Å². The van der Waals surface area contributed by atoms with Gasteiger partial charge in [-0.15, -0.1) is 11.3 Å². The maximum absolute atomic E-state index is 12.9. The molecule has 0 unspecified atom stereocenters. The van der Waals surface area contributed by atoms with Crippen LogP contribution in [0.1, 0.15) is 20.0 Å². The van der Waals surface area contributed by atoms with Crippen LogP contribution in [0.25, 0.3) is 10.1 Å². The first-order valence-electron chi connectivity index (χ1n) is 9.86. The second-order valence-corrected chi connectivity index (χ2v) is 8.73. The topological polar surface area (TPSA) is 103 Å². The van der Waals surface area contributed by atoms with Gasteiger partial charge in [0.15, 0.2) is 0 Å². The van der Waals surface area contributed by atoms with Crippen LogP contribution in [-0.4, -0.2) is 61.6 Å². The molecule has 4 rings (SSSR count). The lowest BCUT2D eigenvalue weighted by molar-refractivity contribution is -0.116. The molecule has 0 spiro atoms. The summed E-state index contributed by atoms with van der Waals surface area (Å²) in [5, 5.41) is 9.59. The molecule has 3 heterocycles. The monoisotopic (exact) mass is 437 g/mol. The first-order chi connectivity index (χ1) is 14.9. The number of benzene rings is 1. The number of anilines is 1. The Kier molecular flexibility index (Phi) is 5.71. The van der Waals surface area contributed by atoms with Gasteiger partial charge in [0.25, 0.3) is 11.8 Å². The van der Waals surface area contributed by atoms with Gasteiger partial charge in [-0.3, -0.25) is 14.4 Å². The third-order valence-electron chi connectivity index (χ3n) is 5.30. The Hall–Kier alpha value is -3.30. The van der Waals surface area contributed by atoms with E-state index < -0.39 is 0 Å². The summed E-state index contributed by atoms with van der Waals surface area (Å²) in [5.74, 6) is -0.814. The van der Waals surface area contributed by atoms with Crippen LogP contribution in [-0.2, 0) is 4.79 Å². The molecular formula is C22H23N5O3S. The summed E-state index contributed by atoms with van der Waals surface area (Å²) in [5.41, 5.74) is 2.51. The number of thiophene rings is 1. The molecule has 0 bridgehead atoms. The quantitative estimate of drug-likeness (QED) is 0.635. The highest BCUT2D eigenvalue weighted by Gasteiger charge is 2.28. The van der Waals surface area contributed by atoms with Crippen molar-refractivity contribution in [1.29, 1.82) is 0 Å². The minimum atomic E-state index is -0.338. The average Bonchev–Trinajstić information content (AvgIpc) is 3.25. The van der Waals surface area contributed by atoms with Gasteiger partial charge in [-0.1, -0.05) is 13.2 Å². The minimum absolute atomic E-state index is 0.0321. The van der Waals surface area contributed by atoms with Crippen LogP contribution in [0, 0.1) is 5.92 Å². The van der Waals surface area contributed by atoms with E-state index in [9.17, 15) is 14.4 Å². The number of fused-ring (bicyclic) bond motifs is 3. The van der Waals surface area contributed by atoms with Gasteiger partial charge < -0.3 is 20.9 Å². The molecule has 2 aliphatic rings. The number of carbonyl (C=O) groups is 3. The van der Waals surface area contributed by atoms with E-state index in [0.717, 1.165) is 15.8 Å². The second-order valence-electron chi connectivity index (χ2n) is 7.68. The number of nitrogens with zero attached hydrogens (tertiary/aromatic N) is 2. The summed E-state index contributed by atoms with van der Waals surface area (Å²) < 4.78 is 0.912. The highest BCUT2D eigenvalue weighted by atomic mass is 32.1. The lowest BCUT2D eigenvalue weighted by Crippen LogP contribution is -2.32. The molecule has 1 fully saturated rings. The molecule has 3 amide bonds. The molecule has 2 aliphatic heterocycles. The van der Waals surface area contributed by atoms with E-state index in [4.69, 9.17) is 0 Å². The van der Waals surface area contributed by atoms with E-state index in [2.05, 4.69) is 39.0 Å². The highest BCUT2D eigenvalue weighted by Crippen LogP contribution is 2.37. The predicted octanol–water partition coefficient (Wildman–Crippen LogP) is 2.02. The van der Waals surface area contributed by atoms with Gasteiger partial charge in [-0.25, -0.2) is 4.99 Å². The zero-order valence-electron chi connectivity index (χ0n) is 17.2. The highest BCUT2D eigenvalue weighted by molar-refractivity contribution is 7.21. The summed E-state index contributed by atoms with van der Waals surface area (Å²) in [6, 6.07) is 5.35. The van der Waals surface area contributed by atoms with E-state index in [0.29, 0.717) is 48.0 Å². The molecule has 9 heteroatoms. The largest absolute Gasteiger partial charge is 0.378 e. The molecule has 8 nitrogen and oxygen atoms in total. The standard InChI is InChI=1S/C22H23N5O3S/c1-4-18(28)23-9-14-10-27(3)11-16(14)26-21(29)13-5-6-17-15(7-13)19-20(31-17)22(30)25-12(2)8-24-19/h4-7,14,24H,1-2,8-11H2,3H3,(H,23,28)(H,25,30)/t14-/m1/s1. The summed E-state index contributed by atoms with van der Waals surface area (Å²) in [4.78, 5) is 43.9. The Labute approximate surface area is 183 Å². The Morgan fingerprint density at radius 3 is 3.00 bits per heavy atom. The Morgan fingerprint density at radius 2 is 2.23 bits per heavy atom. The number of rotatable bonds is 4. The van der Waals surface area contributed by atoms with Crippen molar-refractivity contribution < 1.29 is 14.4 Å². The van der Waals surface area contributed by atoms with Crippen LogP contribution in [0.15, 0.2) is 48.1 Å². The third kappa shape index (κ3) is 4.28. The van der Waals surface area contributed by atoms with Gasteiger partial charge in [-0.2, -0.15) is 0 Å². The first kappa shape index (κ1) is 21.0. The van der Waals surface area contributed by atoms with Crippen LogP contribution < -0.4 is 16.0 Å². The fourth-order valence-electron chi connectivity index (χ4n) is 3.77. The van der Waals surface area contributed by atoms with Gasteiger partial charge in [-0.05, 0) is 31.3 Å². The van der Waals surface area contributed by atoms with Gasteiger partial charge in [0.1, 0.15) is 4.88 Å². The Balaban J connectivity index is 1.61. The molecule has 1 aromatic carbocycles. The minimum Gasteiger partial charge on any atom is -0.378 e. The SMILES string of the molecule is C=CC(=O)NC[C@@H]1CN(C)CC1=NC(=O)c1ccc2sc3c(c2c1)NCC(=C)NC3=O. The van der Waals surface area contributed by atoms with Gasteiger partial charge >= 0.3 is 0 Å². The summed E-state index contributed by atoms with van der Waals surface area (Å²) >= 11 is 1.37. The van der Waals surface area contributed by atoms with Crippen molar-refractivity contribution in [1.82, 2.24) is 15.5 Å². The molecular weight excluding hydrogens is 414 g/mol. The van der Waals surface area contributed by atoms with Crippen LogP contribution in [0.5, 0.6) is 0 Å². The molecule has 1 atom stereocenters. The lowest BCUT2D eigenvalue weighted by atomic mass is 10.1. The van der Waals surface area contributed by atoms with Crippen molar-refractivity contribution in [2.75, 3.05) is 38.5 Å². The van der Waals surface area contributed by atoms with E-state index in [1.54, 1.807) is 12.1 Å². The van der Waals surface area contributed by atoms with Gasteiger partial charge in [0, 0.05) is 52.6 Å². The number of nitrogens with one attached hydrogen (secondary N) is 3. The van der Waals surface area contributed by atoms with Crippen molar-refractivity contribution in [2.24, 2.45) is 10.9 Å². The number of hydrogen-bond acceptors (Lipinski definition) is 6. The van der Waals surface area contributed by atoms with Crippen LogP contribution >= 0.6 is 11.3 Å². The van der Waals surface area contributed by atoms with Crippen molar-refractivity contribution in [2.45, 2.75) is 0 Å². The Morgan fingerprint density at radius 1 is 1.42 bits per heavy atom.